The second kappa shape index (κ2) is 7.14. The number of nitrogens with one attached hydrogen (secondary N) is 1. The number of aromatic nitrogens is 2. The van der Waals surface area contributed by atoms with Crippen LogP contribution in [0, 0.1) is 29.1 Å². The number of anilines is 1. The Kier molecular flexibility index (Phi) is 4.89. The van der Waals surface area contributed by atoms with Crippen LogP contribution in [-0.4, -0.2) is 15.8 Å². The van der Waals surface area contributed by atoms with Crippen LogP contribution in [0.3, 0.4) is 0 Å². The van der Waals surface area contributed by atoms with Crippen molar-refractivity contribution in [1.82, 2.24) is 9.55 Å². The lowest BCUT2D eigenvalue weighted by Gasteiger charge is -2.10. The Morgan fingerprint density at radius 1 is 1.04 bits per heavy atom. The van der Waals surface area contributed by atoms with Crippen molar-refractivity contribution in [3.8, 4) is 0 Å². The van der Waals surface area contributed by atoms with E-state index in [9.17, 15) is 26.7 Å². The van der Waals surface area contributed by atoms with Gasteiger partial charge in [-0.05, 0) is 19.1 Å². The topological polar surface area (TPSA) is 59.3 Å². The summed E-state index contributed by atoms with van der Waals surface area (Å²) in [6.45, 7) is 1.87. The highest BCUT2D eigenvalue weighted by atomic mass is 19.2. The predicted molar refractivity (Wildman–Crippen MR) is 89.1 cm³/mol. The van der Waals surface area contributed by atoms with Crippen LogP contribution < -0.4 is 11.0 Å². The van der Waals surface area contributed by atoms with Crippen LogP contribution in [0.2, 0.25) is 0 Å². The van der Waals surface area contributed by atoms with E-state index in [0.717, 1.165) is 0 Å². The monoisotopic (exact) mass is 382 g/mol. The van der Waals surface area contributed by atoms with Gasteiger partial charge in [0.1, 0.15) is 0 Å². The largest absolute Gasteiger partial charge is 0.277 e. The van der Waals surface area contributed by atoms with E-state index in [1.807, 2.05) is 0 Å². The molecule has 140 valence electrons. The first-order valence-electron chi connectivity index (χ1n) is 7.66. The highest BCUT2D eigenvalue weighted by molar-refractivity contribution is 5.81. The molecule has 5 nitrogen and oxygen atoms in total. The molecule has 0 bridgehead atoms. The number of benzene rings is 2. The van der Waals surface area contributed by atoms with Gasteiger partial charge in [-0.15, -0.1) is 0 Å². The zero-order chi connectivity index (χ0) is 19.7. The number of nitrogens with zero attached hydrogens (tertiary/aromatic N) is 3. The van der Waals surface area contributed by atoms with E-state index in [0.29, 0.717) is 17.1 Å². The smallest absolute Gasteiger partial charge is 0.262 e. The molecule has 0 atom stereocenters. The summed E-state index contributed by atoms with van der Waals surface area (Å²) in [6, 6.07) is 6.49. The molecule has 1 N–H and O–H groups in total. The average molecular weight is 382 g/mol. The van der Waals surface area contributed by atoms with E-state index in [2.05, 4.69) is 15.5 Å². The molecule has 10 heteroatoms. The summed E-state index contributed by atoms with van der Waals surface area (Å²) in [4.78, 5) is 16.6. The van der Waals surface area contributed by atoms with Gasteiger partial charge in [-0.2, -0.15) is 5.10 Å². The van der Waals surface area contributed by atoms with Gasteiger partial charge in [0.15, 0.2) is 23.3 Å². The third kappa shape index (κ3) is 3.14. The molecular weight excluding hydrogens is 371 g/mol. The van der Waals surface area contributed by atoms with Crippen molar-refractivity contribution < 1.29 is 22.0 Å². The second-order valence-electron chi connectivity index (χ2n) is 5.36. The van der Waals surface area contributed by atoms with Crippen molar-refractivity contribution in [2.24, 2.45) is 5.10 Å². The van der Waals surface area contributed by atoms with Crippen molar-refractivity contribution >= 4 is 23.1 Å². The van der Waals surface area contributed by atoms with Gasteiger partial charge >= 0.3 is 0 Å². The number of hydrazone groups is 1. The molecule has 0 aliphatic carbocycles. The van der Waals surface area contributed by atoms with E-state index in [1.165, 1.54) is 4.57 Å². The summed E-state index contributed by atoms with van der Waals surface area (Å²) in [6.07, 6.45) is 0.428. The molecule has 0 unspecified atom stereocenters. The Balaban J connectivity index is 2.02. The van der Waals surface area contributed by atoms with Crippen LogP contribution in [0.15, 0.2) is 34.2 Å². The Morgan fingerprint density at radius 2 is 1.63 bits per heavy atom. The highest BCUT2D eigenvalue weighted by Gasteiger charge is 2.24. The predicted octanol–water partition coefficient (Wildman–Crippen LogP) is 3.56. The molecule has 3 rings (SSSR count). The first-order chi connectivity index (χ1) is 12.9. The van der Waals surface area contributed by atoms with Crippen molar-refractivity contribution in [2.75, 3.05) is 5.43 Å². The standard InChI is InChI=1S/C17H11F5N4O/c1-2-26-16(27)8-5-3-4-6-10(8)24-17(26)25-23-7-9-11(18)13(20)15(22)14(21)12(9)19/h3-7H,2H2,1H3,(H,24,25)/b23-7-. The van der Waals surface area contributed by atoms with Gasteiger partial charge in [0.05, 0.1) is 22.7 Å². The van der Waals surface area contributed by atoms with Crippen molar-refractivity contribution in [3.05, 3.63) is 69.3 Å². The van der Waals surface area contributed by atoms with Crippen molar-refractivity contribution in [2.45, 2.75) is 13.5 Å². The number of hydrogen-bond acceptors (Lipinski definition) is 4. The first-order valence-corrected chi connectivity index (χ1v) is 7.66. The van der Waals surface area contributed by atoms with E-state index in [-0.39, 0.29) is 18.1 Å². The normalized spacial score (nSPS) is 11.5. The third-order valence-corrected chi connectivity index (χ3v) is 3.78. The molecule has 2 aromatic carbocycles. The van der Waals surface area contributed by atoms with Gasteiger partial charge in [0.2, 0.25) is 11.8 Å². The molecule has 0 radical (unpaired) electrons. The van der Waals surface area contributed by atoms with Crippen LogP contribution >= 0.6 is 0 Å². The Bertz CT molecular complexity index is 1100. The van der Waals surface area contributed by atoms with Gasteiger partial charge in [-0.25, -0.2) is 32.4 Å². The lowest BCUT2D eigenvalue weighted by atomic mass is 10.2. The number of para-hydroxylation sites is 1. The third-order valence-electron chi connectivity index (χ3n) is 3.78. The maximum atomic E-state index is 13.6. The summed E-state index contributed by atoms with van der Waals surface area (Å²) in [7, 11) is 0. The number of hydrogen-bond donors (Lipinski definition) is 1. The number of halogens is 5. The van der Waals surface area contributed by atoms with E-state index in [1.54, 1.807) is 31.2 Å². The van der Waals surface area contributed by atoms with Crippen LogP contribution in [0.5, 0.6) is 0 Å². The van der Waals surface area contributed by atoms with Crippen LogP contribution in [-0.2, 0) is 6.54 Å². The molecule has 0 aliphatic rings. The van der Waals surface area contributed by atoms with Gasteiger partial charge in [0.25, 0.3) is 5.56 Å². The SMILES string of the molecule is CCn1c(N/N=C\c2c(F)c(F)c(F)c(F)c2F)nc2ccccc2c1=O. The minimum absolute atomic E-state index is 0.0543. The zero-order valence-corrected chi connectivity index (χ0v) is 13.7. The minimum Gasteiger partial charge on any atom is -0.277 e. The van der Waals surface area contributed by atoms with Crippen LogP contribution in [0.4, 0.5) is 27.9 Å². The van der Waals surface area contributed by atoms with E-state index >= 15 is 0 Å². The lowest BCUT2D eigenvalue weighted by Crippen LogP contribution is -2.23. The molecular formula is C17H11F5N4O. The molecule has 0 amide bonds. The molecule has 3 aromatic rings. The molecule has 0 aliphatic heterocycles. The van der Waals surface area contributed by atoms with Gasteiger partial charge in [-0.3, -0.25) is 9.36 Å². The maximum Gasteiger partial charge on any atom is 0.262 e. The Labute approximate surface area is 148 Å². The molecule has 0 spiro atoms. The molecule has 0 saturated heterocycles. The van der Waals surface area contributed by atoms with Gasteiger partial charge in [-0.1, -0.05) is 12.1 Å². The molecule has 0 saturated carbocycles. The Morgan fingerprint density at radius 3 is 2.26 bits per heavy atom. The first kappa shape index (κ1) is 18.5. The quantitative estimate of drug-likeness (QED) is 0.247. The molecule has 1 heterocycles. The van der Waals surface area contributed by atoms with Crippen LogP contribution in [0.1, 0.15) is 12.5 Å². The summed E-state index contributed by atoms with van der Waals surface area (Å²) >= 11 is 0. The van der Waals surface area contributed by atoms with Crippen LogP contribution in [0.25, 0.3) is 10.9 Å². The van der Waals surface area contributed by atoms with Gasteiger partial charge < -0.3 is 0 Å². The zero-order valence-electron chi connectivity index (χ0n) is 13.7. The number of rotatable bonds is 4. The average Bonchev–Trinajstić information content (AvgIpc) is 2.68. The highest BCUT2D eigenvalue weighted by Crippen LogP contribution is 2.21. The summed E-state index contributed by atoms with van der Waals surface area (Å²) in [5.74, 6) is -10.5. The Hall–Kier alpha value is -3.30. The summed E-state index contributed by atoms with van der Waals surface area (Å²) in [5, 5.41) is 3.82. The minimum atomic E-state index is -2.26. The molecule has 0 fully saturated rings. The maximum absolute atomic E-state index is 13.6. The number of fused-ring (bicyclic) bond motifs is 1. The fourth-order valence-electron chi connectivity index (χ4n) is 2.44. The second-order valence-corrected chi connectivity index (χ2v) is 5.36. The lowest BCUT2D eigenvalue weighted by molar-refractivity contribution is 0.377. The fourth-order valence-corrected chi connectivity index (χ4v) is 2.44. The molecule has 27 heavy (non-hydrogen) atoms. The molecule has 1 aromatic heterocycles. The summed E-state index contributed by atoms with van der Waals surface area (Å²) < 4.78 is 67.9. The van der Waals surface area contributed by atoms with E-state index in [4.69, 9.17) is 0 Å². The van der Waals surface area contributed by atoms with Gasteiger partial charge in [0, 0.05) is 6.54 Å². The summed E-state index contributed by atoms with van der Waals surface area (Å²) in [5.41, 5.74) is 1.06. The fraction of sp³-hybridized carbons (Fsp3) is 0.118. The van der Waals surface area contributed by atoms with Crippen molar-refractivity contribution in [3.63, 3.8) is 0 Å². The van der Waals surface area contributed by atoms with Crippen molar-refractivity contribution in [1.29, 1.82) is 0 Å². The van der Waals surface area contributed by atoms with E-state index < -0.39 is 34.6 Å².